The molecule has 2 heterocycles. The number of benzene rings is 11. The van der Waals surface area contributed by atoms with Gasteiger partial charge in [-0.3, -0.25) is 0 Å². The van der Waals surface area contributed by atoms with Gasteiger partial charge in [0, 0.05) is 37.2 Å². The van der Waals surface area contributed by atoms with Gasteiger partial charge in [-0.05, 0) is 125 Å². The maximum atomic E-state index is 2.50. The molecular formula is C67H45NSSi. The van der Waals surface area contributed by atoms with Gasteiger partial charge in [0.25, 0.3) is 0 Å². The summed E-state index contributed by atoms with van der Waals surface area (Å²) in [5.74, 6) is 0. The number of thiophene rings is 1. The number of fused-ring (bicyclic) bond motifs is 9. The van der Waals surface area contributed by atoms with Crippen LogP contribution < -0.4 is 25.6 Å². The van der Waals surface area contributed by atoms with Crippen LogP contribution in [0.5, 0.6) is 0 Å². The Hall–Kier alpha value is -8.34. The van der Waals surface area contributed by atoms with Crippen LogP contribution in [0.25, 0.3) is 53.6 Å². The Labute approximate surface area is 413 Å². The van der Waals surface area contributed by atoms with E-state index in [0.29, 0.717) is 0 Å². The third kappa shape index (κ3) is 5.95. The van der Waals surface area contributed by atoms with Gasteiger partial charge in [0.15, 0.2) is 8.07 Å². The molecule has 2 aliphatic rings. The van der Waals surface area contributed by atoms with Crippen molar-refractivity contribution in [2.24, 2.45) is 0 Å². The lowest BCUT2D eigenvalue weighted by molar-refractivity contribution is 0.769. The molecule has 0 atom stereocenters. The van der Waals surface area contributed by atoms with E-state index in [0.717, 1.165) is 17.1 Å². The van der Waals surface area contributed by atoms with Crippen molar-refractivity contribution in [3.8, 4) is 33.4 Å². The summed E-state index contributed by atoms with van der Waals surface area (Å²) in [6, 6.07) is 103. The Morgan fingerprint density at radius 3 is 1.56 bits per heavy atom. The minimum absolute atomic E-state index is 0.460. The summed E-state index contributed by atoms with van der Waals surface area (Å²) in [6.07, 6.45) is 0. The number of nitrogens with zero attached hydrogens (tertiary/aromatic N) is 1. The van der Waals surface area contributed by atoms with Gasteiger partial charge in [0.2, 0.25) is 0 Å². The Bertz CT molecular complexity index is 3870. The van der Waals surface area contributed by atoms with Crippen molar-refractivity contribution in [1.82, 2.24) is 0 Å². The molecule has 1 aliphatic carbocycles. The second kappa shape index (κ2) is 16.1. The Morgan fingerprint density at radius 2 is 0.843 bits per heavy atom. The maximum Gasteiger partial charge on any atom is 0.180 e. The van der Waals surface area contributed by atoms with Gasteiger partial charge in [-0.2, -0.15) is 0 Å². The second-order valence-electron chi connectivity index (χ2n) is 18.7. The average Bonchev–Trinajstić information content (AvgIpc) is 4.07. The van der Waals surface area contributed by atoms with E-state index in [1.54, 1.807) is 0 Å². The normalized spacial score (nSPS) is 13.7. The summed E-state index contributed by atoms with van der Waals surface area (Å²) < 4.78 is 2.59. The van der Waals surface area contributed by atoms with Crippen LogP contribution in [-0.4, -0.2) is 8.07 Å². The highest BCUT2D eigenvalue weighted by atomic mass is 32.1. The molecule has 1 aliphatic heterocycles. The largest absolute Gasteiger partial charge is 0.310 e. The fourth-order valence-corrected chi connectivity index (χ4v) is 18.7. The lowest BCUT2D eigenvalue weighted by atomic mass is 9.67. The first kappa shape index (κ1) is 40.7. The van der Waals surface area contributed by atoms with Crippen molar-refractivity contribution >= 4 is 77.4 Å². The van der Waals surface area contributed by atoms with Crippen molar-refractivity contribution in [2.75, 3.05) is 4.90 Å². The number of hydrogen-bond acceptors (Lipinski definition) is 2. The highest BCUT2D eigenvalue weighted by Gasteiger charge is 2.49. The summed E-state index contributed by atoms with van der Waals surface area (Å²) in [7, 11) is -2.74. The molecule has 70 heavy (non-hydrogen) atoms. The molecule has 328 valence electrons. The Morgan fingerprint density at radius 1 is 0.314 bits per heavy atom. The number of rotatable bonds is 8. The van der Waals surface area contributed by atoms with Crippen LogP contribution in [0.4, 0.5) is 17.1 Å². The van der Waals surface area contributed by atoms with Crippen molar-refractivity contribution in [1.29, 1.82) is 0 Å². The molecule has 0 saturated carbocycles. The first-order chi connectivity index (χ1) is 34.7. The molecule has 0 unspecified atom stereocenters. The zero-order chi connectivity index (χ0) is 46.2. The van der Waals surface area contributed by atoms with Gasteiger partial charge < -0.3 is 4.90 Å². The molecule has 0 bridgehead atoms. The molecule has 0 fully saturated rings. The first-order valence-corrected chi connectivity index (χ1v) is 27.1. The quantitative estimate of drug-likeness (QED) is 0.137. The predicted molar refractivity (Wildman–Crippen MR) is 299 cm³/mol. The van der Waals surface area contributed by atoms with E-state index in [9.17, 15) is 0 Å². The zero-order valence-corrected chi connectivity index (χ0v) is 40.2. The van der Waals surface area contributed by atoms with Crippen LogP contribution in [0, 0.1) is 0 Å². The maximum absolute atomic E-state index is 2.74. The van der Waals surface area contributed by atoms with Crippen LogP contribution in [-0.2, 0) is 5.41 Å². The highest BCUT2D eigenvalue weighted by Crippen LogP contribution is 2.56. The van der Waals surface area contributed by atoms with Gasteiger partial charge in [0.1, 0.15) is 0 Å². The molecule has 14 rings (SSSR count). The fraction of sp³-hybridized carbons (Fsp3) is 0.0149. The van der Waals surface area contributed by atoms with Gasteiger partial charge in [-0.1, -0.05) is 224 Å². The molecule has 3 heteroatoms. The topological polar surface area (TPSA) is 3.24 Å². The van der Waals surface area contributed by atoms with Crippen LogP contribution in [0.3, 0.4) is 0 Å². The standard InChI is InChI=1S/C67H45NSSi/c1-3-20-48(21-4-1)67(61-32-12-7-27-55(61)56-28-8-13-33-62(56)67)49-22-17-19-47(43-49)46-37-39-50(40-38-46)68(52-41-42-58-57-29-9-14-34-63(57)69-64(58)45-52)51-23-18-26-54(44-51)70(53-24-5-2-6-25-53)65-35-15-10-30-59(65)60-31-11-16-36-66(60)70/h1-45H. The van der Waals surface area contributed by atoms with Crippen LogP contribution >= 0.6 is 11.3 Å². The molecule has 1 nitrogen and oxygen atoms in total. The van der Waals surface area contributed by atoms with Gasteiger partial charge in [-0.25, -0.2) is 0 Å². The third-order valence-corrected chi connectivity index (χ3v) is 21.2. The monoisotopic (exact) mass is 923 g/mol. The van der Waals surface area contributed by atoms with Crippen LogP contribution in [0.2, 0.25) is 0 Å². The number of anilines is 3. The summed E-state index contributed by atoms with van der Waals surface area (Å²) >= 11 is 1.87. The lowest BCUT2D eigenvalue weighted by Gasteiger charge is -2.34. The molecule has 0 N–H and O–H groups in total. The third-order valence-electron chi connectivity index (χ3n) is 15.2. The zero-order valence-electron chi connectivity index (χ0n) is 38.3. The van der Waals surface area contributed by atoms with E-state index < -0.39 is 13.5 Å². The summed E-state index contributed by atoms with van der Waals surface area (Å²) in [5.41, 5.74) is 15.8. The predicted octanol–water partition coefficient (Wildman–Crippen LogP) is 14.9. The van der Waals surface area contributed by atoms with Crippen molar-refractivity contribution < 1.29 is 0 Å². The fourth-order valence-electron chi connectivity index (χ4n) is 12.3. The second-order valence-corrected chi connectivity index (χ2v) is 23.5. The summed E-state index contributed by atoms with van der Waals surface area (Å²) in [5, 5.41) is 8.27. The molecule has 0 radical (unpaired) electrons. The van der Waals surface area contributed by atoms with Crippen molar-refractivity contribution in [3.63, 3.8) is 0 Å². The van der Waals surface area contributed by atoms with Crippen molar-refractivity contribution in [3.05, 3.63) is 295 Å². The van der Waals surface area contributed by atoms with Crippen molar-refractivity contribution in [2.45, 2.75) is 5.41 Å². The summed E-state index contributed by atoms with van der Waals surface area (Å²) in [4.78, 5) is 2.48. The van der Waals surface area contributed by atoms with E-state index >= 15 is 0 Å². The van der Waals surface area contributed by atoms with Gasteiger partial charge in [-0.15, -0.1) is 11.3 Å². The minimum Gasteiger partial charge on any atom is -0.310 e. The molecule has 1 aromatic heterocycles. The van der Waals surface area contributed by atoms with Crippen LogP contribution in [0.15, 0.2) is 273 Å². The Kier molecular flexibility index (Phi) is 9.38. The summed E-state index contributed by atoms with van der Waals surface area (Å²) in [6.45, 7) is 0. The molecule has 0 spiro atoms. The first-order valence-electron chi connectivity index (χ1n) is 24.2. The van der Waals surface area contributed by atoms with Crippen LogP contribution in [0.1, 0.15) is 22.3 Å². The molecule has 11 aromatic carbocycles. The highest BCUT2D eigenvalue weighted by molar-refractivity contribution is 7.26. The number of hydrogen-bond donors (Lipinski definition) is 0. The van der Waals surface area contributed by atoms with E-state index in [2.05, 4.69) is 278 Å². The van der Waals surface area contributed by atoms with E-state index in [-0.39, 0.29) is 0 Å². The molecule has 12 aromatic rings. The SMILES string of the molecule is c1ccc(C2(c3cccc(-c4ccc(N(c5cccc([Si]6(c7ccccc7)c7ccccc7-c7ccccc76)c5)c5ccc6c(c5)sc5ccccc56)cc4)c3)c3ccccc3-c3ccccc32)cc1. The minimum atomic E-state index is -2.74. The smallest absolute Gasteiger partial charge is 0.180 e. The molecule has 0 saturated heterocycles. The van der Waals surface area contributed by atoms with E-state index in [1.807, 2.05) is 11.3 Å². The van der Waals surface area contributed by atoms with E-state index in [1.165, 1.54) is 96.6 Å². The Balaban J connectivity index is 0.934. The van der Waals surface area contributed by atoms with E-state index in [4.69, 9.17) is 0 Å². The van der Waals surface area contributed by atoms with Gasteiger partial charge in [0.05, 0.1) is 5.41 Å². The molecule has 0 amide bonds. The molecular weight excluding hydrogens is 879 g/mol. The lowest BCUT2D eigenvalue weighted by Crippen LogP contribution is -2.72. The average molecular weight is 924 g/mol. The van der Waals surface area contributed by atoms with Gasteiger partial charge >= 0.3 is 0 Å².